The van der Waals surface area contributed by atoms with E-state index in [1.807, 2.05) is 37.4 Å². The van der Waals surface area contributed by atoms with Crippen LogP contribution in [0.15, 0.2) is 30.3 Å². The maximum Gasteiger partial charge on any atom is 0.0931 e. The van der Waals surface area contributed by atoms with E-state index in [2.05, 4.69) is 4.90 Å². The van der Waals surface area contributed by atoms with E-state index in [4.69, 9.17) is 28.9 Å². The second kappa shape index (κ2) is 5.93. The van der Waals surface area contributed by atoms with Gasteiger partial charge in [-0.2, -0.15) is 0 Å². The number of halogens is 2. The average Bonchev–Trinajstić information content (AvgIpc) is 2.69. The summed E-state index contributed by atoms with van der Waals surface area (Å²) >= 11 is 13.7. The maximum atomic E-state index is 6.16. The third-order valence-corrected chi connectivity index (χ3v) is 4.21. The molecule has 1 heterocycles. The van der Waals surface area contributed by atoms with Crippen molar-refractivity contribution in [3.63, 3.8) is 0 Å². The summed E-state index contributed by atoms with van der Waals surface area (Å²) in [4.78, 5) is 3.40. The molecule has 0 fully saturated rings. The van der Waals surface area contributed by atoms with Crippen LogP contribution in [0.1, 0.15) is 10.4 Å². The molecule has 0 aliphatic carbocycles. The monoisotopic (exact) mass is 300 g/mol. The topological polar surface area (TPSA) is 29.3 Å². The lowest BCUT2D eigenvalue weighted by Crippen LogP contribution is -2.17. The second-order valence-corrected chi connectivity index (χ2v) is 6.39. The number of nitrogens with zero attached hydrogens (tertiary/aromatic N) is 1. The van der Waals surface area contributed by atoms with Gasteiger partial charge in [0.25, 0.3) is 0 Å². The lowest BCUT2D eigenvalue weighted by atomic mass is 10.1. The first kappa shape index (κ1) is 13.7. The van der Waals surface area contributed by atoms with Crippen LogP contribution in [0.4, 0.5) is 5.69 Å². The van der Waals surface area contributed by atoms with E-state index < -0.39 is 0 Å². The van der Waals surface area contributed by atoms with Crippen LogP contribution in [0.5, 0.6) is 0 Å². The summed E-state index contributed by atoms with van der Waals surface area (Å²) in [6.45, 7) is 1.56. The van der Waals surface area contributed by atoms with Crippen LogP contribution < -0.4 is 5.73 Å². The van der Waals surface area contributed by atoms with Crippen LogP contribution in [0.25, 0.3) is 0 Å². The molecule has 2 nitrogen and oxygen atoms in total. The number of nitrogens with two attached hydrogens (primary N) is 1. The fourth-order valence-electron chi connectivity index (χ4n) is 1.77. The standard InChI is InChI=1S/C13H14Cl2N2S/c1-17(7-9-5-6-13(15)18-9)8-10-11(14)3-2-4-12(10)16/h2-6H,7-8,16H2,1H3. The Labute approximate surface area is 121 Å². The summed E-state index contributed by atoms with van der Waals surface area (Å²) in [7, 11) is 2.04. The summed E-state index contributed by atoms with van der Waals surface area (Å²) in [6.07, 6.45) is 0. The Balaban J connectivity index is 2.05. The van der Waals surface area contributed by atoms with Gasteiger partial charge in [-0.3, -0.25) is 4.90 Å². The van der Waals surface area contributed by atoms with Gasteiger partial charge in [-0.1, -0.05) is 29.3 Å². The van der Waals surface area contributed by atoms with Gasteiger partial charge < -0.3 is 5.73 Å². The first-order valence-electron chi connectivity index (χ1n) is 5.52. The van der Waals surface area contributed by atoms with Crippen LogP contribution in [-0.2, 0) is 13.1 Å². The van der Waals surface area contributed by atoms with E-state index in [0.717, 1.165) is 28.7 Å². The van der Waals surface area contributed by atoms with E-state index in [-0.39, 0.29) is 0 Å². The quantitative estimate of drug-likeness (QED) is 0.855. The van der Waals surface area contributed by atoms with Gasteiger partial charge in [0.05, 0.1) is 4.34 Å². The summed E-state index contributed by atoms with van der Waals surface area (Å²) in [5.74, 6) is 0. The Morgan fingerprint density at radius 1 is 1.17 bits per heavy atom. The van der Waals surface area contributed by atoms with Gasteiger partial charge in [-0.15, -0.1) is 11.3 Å². The van der Waals surface area contributed by atoms with Crippen molar-refractivity contribution in [3.05, 3.63) is 50.1 Å². The molecule has 18 heavy (non-hydrogen) atoms. The van der Waals surface area contributed by atoms with Gasteiger partial charge >= 0.3 is 0 Å². The zero-order chi connectivity index (χ0) is 13.1. The molecule has 0 atom stereocenters. The highest BCUT2D eigenvalue weighted by atomic mass is 35.5. The zero-order valence-corrected chi connectivity index (χ0v) is 12.3. The van der Waals surface area contributed by atoms with E-state index >= 15 is 0 Å². The molecular formula is C13H14Cl2N2S. The molecule has 96 valence electrons. The normalized spacial score (nSPS) is 11.1. The molecule has 0 amide bonds. The molecule has 0 bridgehead atoms. The molecule has 0 unspecified atom stereocenters. The average molecular weight is 301 g/mol. The summed E-state index contributed by atoms with van der Waals surface area (Å²) in [5.41, 5.74) is 7.65. The predicted octanol–water partition coefficient (Wildman–Crippen LogP) is 4.27. The zero-order valence-electron chi connectivity index (χ0n) is 9.99. The lowest BCUT2D eigenvalue weighted by molar-refractivity contribution is 0.322. The number of rotatable bonds is 4. The highest BCUT2D eigenvalue weighted by Crippen LogP contribution is 2.26. The maximum absolute atomic E-state index is 6.16. The highest BCUT2D eigenvalue weighted by molar-refractivity contribution is 7.16. The largest absolute Gasteiger partial charge is 0.398 e. The van der Waals surface area contributed by atoms with Crippen molar-refractivity contribution in [1.82, 2.24) is 4.90 Å². The lowest BCUT2D eigenvalue weighted by Gasteiger charge is -2.17. The minimum Gasteiger partial charge on any atom is -0.398 e. The van der Waals surface area contributed by atoms with Crippen molar-refractivity contribution in [2.24, 2.45) is 0 Å². The third kappa shape index (κ3) is 3.39. The fourth-order valence-corrected chi connectivity index (χ4v) is 3.18. The molecule has 1 aromatic carbocycles. The Bertz CT molecular complexity index is 519. The molecular weight excluding hydrogens is 287 g/mol. The third-order valence-electron chi connectivity index (χ3n) is 2.64. The minimum absolute atomic E-state index is 0.714. The van der Waals surface area contributed by atoms with Crippen molar-refractivity contribution in [3.8, 4) is 0 Å². The molecule has 0 radical (unpaired) electrons. The smallest absolute Gasteiger partial charge is 0.0931 e. The number of benzene rings is 1. The minimum atomic E-state index is 0.714. The molecule has 0 spiro atoms. The summed E-state index contributed by atoms with van der Waals surface area (Å²) in [6, 6.07) is 9.55. The Morgan fingerprint density at radius 2 is 1.94 bits per heavy atom. The van der Waals surface area contributed by atoms with E-state index in [9.17, 15) is 0 Å². The van der Waals surface area contributed by atoms with Crippen molar-refractivity contribution < 1.29 is 0 Å². The molecule has 2 N–H and O–H groups in total. The number of hydrogen-bond acceptors (Lipinski definition) is 3. The number of anilines is 1. The Hall–Kier alpha value is -0.740. The molecule has 0 saturated carbocycles. The van der Waals surface area contributed by atoms with E-state index in [1.54, 1.807) is 11.3 Å². The molecule has 5 heteroatoms. The van der Waals surface area contributed by atoms with Gasteiger partial charge in [0.2, 0.25) is 0 Å². The van der Waals surface area contributed by atoms with Crippen LogP contribution in [0.3, 0.4) is 0 Å². The molecule has 0 aliphatic heterocycles. The summed E-state index contributed by atoms with van der Waals surface area (Å²) in [5, 5.41) is 0.714. The van der Waals surface area contributed by atoms with Gasteiger partial charge in [0.1, 0.15) is 0 Å². The Morgan fingerprint density at radius 3 is 2.56 bits per heavy atom. The highest BCUT2D eigenvalue weighted by Gasteiger charge is 2.09. The molecule has 2 rings (SSSR count). The number of nitrogen functional groups attached to an aromatic ring is 1. The summed E-state index contributed by atoms with van der Waals surface area (Å²) < 4.78 is 0.815. The van der Waals surface area contributed by atoms with Crippen molar-refractivity contribution >= 4 is 40.2 Å². The van der Waals surface area contributed by atoms with Crippen LogP contribution in [-0.4, -0.2) is 11.9 Å². The van der Waals surface area contributed by atoms with Crippen molar-refractivity contribution in [2.75, 3.05) is 12.8 Å². The fraction of sp³-hybridized carbons (Fsp3) is 0.231. The molecule has 0 saturated heterocycles. The number of hydrogen-bond donors (Lipinski definition) is 1. The van der Waals surface area contributed by atoms with Gasteiger partial charge in [-0.05, 0) is 31.3 Å². The van der Waals surface area contributed by atoms with Crippen molar-refractivity contribution in [2.45, 2.75) is 13.1 Å². The van der Waals surface area contributed by atoms with E-state index in [1.165, 1.54) is 4.88 Å². The predicted molar refractivity (Wildman–Crippen MR) is 80.4 cm³/mol. The molecule has 0 aliphatic rings. The van der Waals surface area contributed by atoms with Crippen LogP contribution in [0.2, 0.25) is 9.36 Å². The first-order chi connectivity index (χ1) is 8.56. The molecule has 1 aromatic heterocycles. The van der Waals surface area contributed by atoms with Crippen LogP contribution in [0, 0.1) is 0 Å². The van der Waals surface area contributed by atoms with Gasteiger partial charge in [-0.25, -0.2) is 0 Å². The van der Waals surface area contributed by atoms with Gasteiger partial charge in [0.15, 0.2) is 0 Å². The Kier molecular flexibility index (Phi) is 4.51. The van der Waals surface area contributed by atoms with Crippen LogP contribution >= 0.6 is 34.5 Å². The number of thiophene rings is 1. The van der Waals surface area contributed by atoms with Crippen molar-refractivity contribution in [1.29, 1.82) is 0 Å². The molecule has 2 aromatic rings. The van der Waals surface area contributed by atoms with E-state index in [0.29, 0.717) is 5.02 Å². The first-order valence-corrected chi connectivity index (χ1v) is 7.09. The SMILES string of the molecule is CN(Cc1ccc(Cl)s1)Cc1c(N)cccc1Cl. The van der Waals surface area contributed by atoms with Gasteiger partial charge in [0, 0.05) is 34.2 Å². The second-order valence-electron chi connectivity index (χ2n) is 4.19.